The summed E-state index contributed by atoms with van der Waals surface area (Å²) in [5, 5.41) is 0.557. The standard InChI is InChI=1S/C15H16N2O3/c1-10(18)13-9-16-14-3-2-11(8-12(14)15(13)19)17-4-6-20-7-5-17/h2-3,8-9H,4-7H2,1H3,(H,16,19). The van der Waals surface area contributed by atoms with Gasteiger partial charge in [0.1, 0.15) is 0 Å². The molecule has 1 saturated heterocycles. The number of nitrogens with one attached hydrogen (secondary N) is 1. The molecule has 2 aromatic rings. The molecule has 0 bridgehead atoms. The number of aromatic amines is 1. The molecule has 0 amide bonds. The normalized spacial score (nSPS) is 15.6. The second kappa shape index (κ2) is 5.09. The van der Waals surface area contributed by atoms with E-state index in [1.807, 2.05) is 18.2 Å². The maximum Gasteiger partial charge on any atom is 0.200 e. The Hall–Kier alpha value is -2.14. The molecule has 1 aliphatic rings. The second-order valence-electron chi connectivity index (χ2n) is 4.92. The Morgan fingerprint density at radius 2 is 2.05 bits per heavy atom. The third-order valence-electron chi connectivity index (χ3n) is 3.62. The zero-order valence-corrected chi connectivity index (χ0v) is 11.3. The third kappa shape index (κ3) is 2.20. The molecule has 0 spiro atoms. The van der Waals surface area contributed by atoms with E-state index in [4.69, 9.17) is 4.74 Å². The van der Waals surface area contributed by atoms with Gasteiger partial charge in [0.15, 0.2) is 11.2 Å². The predicted molar refractivity (Wildman–Crippen MR) is 77.6 cm³/mol. The van der Waals surface area contributed by atoms with Crippen LogP contribution in [0.15, 0.2) is 29.2 Å². The van der Waals surface area contributed by atoms with Crippen LogP contribution in [0.25, 0.3) is 10.9 Å². The molecule has 1 aliphatic heterocycles. The summed E-state index contributed by atoms with van der Waals surface area (Å²) >= 11 is 0. The van der Waals surface area contributed by atoms with Crippen molar-refractivity contribution in [1.29, 1.82) is 0 Å². The lowest BCUT2D eigenvalue weighted by atomic mass is 10.1. The number of morpholine rings is 1. The number of H-pyrrole nitrogens is 1. The highest BCUT2D eigenvalue weighted by atomic mass is 16.5. The number of benzene rings is 1. The minimum absolute atomic E-state index is 0.205. The number of hydrogen-bond acceptors (Lipinski definition) is 4. The molecule has 20 heavy (non-hydrogen) atoms. The van der Waals surface area contributed by atoms with E-state index in [1.165, 1.54) is 13.1 Å². The quantitative estimate of drug-likeness (QED) is 0.843. The number of carbonyl (C=O) groups is 1. The summed E-state index contributed by atoms with van der Waals surface area (Å²) in [6, 6.07) is 5.72. The molecule has 1 N–H and O–H groups in total. The van der Waals surface area contributed by atoms with E-state index in [1.54, 1.807) is 0 Å². The molecule has 3 rings (SSSR count). The highest BCUT2D eigenvalue weighted by molar-refractivity contribution is 5.97. The van der Waals surface area contributed by atoms with Crippen LogP contribution in [0.5, 0.6) is 0 Å². The van der Waals surface area contributed by atoms with Crippen molar-refractivity contribution in [1.82, 2.24) is 4.98 Å². The van der Waals surface area contributed by atoms with Gasteiger partial charge in [0.2, 0.25) is 0 Å². The van der Waals surface area contributed by atoms with Gasteiger partial charge in [-0.3, -0.25) is 9.59 Å². The first-order valence-corrected chi connectivity index (χ1v) is 6.66. The summed E-state index contributed by atoms with van der Waals surface area (Å²) in [7, 11) is 0. The number of anilines is 1. The molecule has 104 valence electrons. The lowest BCUT2D eigenvalue weighted by molar-refractivity contribution is 0.101. The van der Waals surface area contributed by atoms with Crippen molar-refractivity contribution in [2.45, 2.75) is 6.92 Å². The van der Waals surface area contributed by atoms with Crippen molar-refractivity contribution in [2.75, 3.05) is 31.2 Å². The van der Waals surface area contributed by atoms with Crippen LogP contribution < -0.4 is 10.3 Å². The predicted octanol–water partition coefficient (Wildman–Crippen LogP) is 1.57. The monoisotopic (exact) mass is 272 g/mol. The number of hydrogen-bond donors (Lipinski definition) is 1. The summed E-state index contributed by atoms with van der Waals surface area (Å²) in [5.41, 5.74) is 1.74. The fourth-order valence-electron chi connectivity index (χ4n) is 2.49. The molecular formula is C15H16N2O3. The van der Waals surface area contributed by atoms with Crippen LogP contribution in [0.2, 0.25) is 0 Å². The SMILES string of the molecule is CC(=O)c1c[nH]c2ccc(N3CCOCC3)cc2c1=O. The molecule has 1 aromatic carbocycles. The second-order valence-corrected chi connectivity index (χ2v) is 4.92. The van der Waals surface area contributed by atoms with Crippen LogP contribution in [-0.4, -0.2) is 37.1 Å². The topological polar surface area (TPSA) is 62.4 Å². The molecule has 0 unspecified atom stereocenters. The molecule has 5 nitrogen and oxygen atoms in total. The van der Waals surface area contributed by atoms with Crippen LogP contribution in [0.4, 0.5) is 5.69 Å². The van der Waals surface area contributed by atoms with E-state index in [2.05, 4.69) is 9.88 Å². The lowest BCUT2D eigenvalue weighted by Crippen LogP contribution is -2.36. The Morgan fingerprint density at radius 3 is 2.75 bits per heavy atom. The first-order valence-electron chi connectivity index (χ1n) is 6.66. The van der Waals surface area contributed by atoms with E-state index in [-0.39, 0.29) is 16.8 Å². The van der Waals surface area contributed by atoms with Gasteiger partial charge < -0.3 is 14.6 Å². The molecule has 0 saturated carbocycles. The molecule has 1 fully saturated rings. The molecule has 0 atom stereocenters. The first kappa shape index (κ1) is 12.9. The molecule has 0 radical (unpaired) electrons. The van der Waals surface area contributed by atoms with Gasteiger partial charge in [-0.25, -0.2) is 0 Å². The van der Waals surface area contributed by atoms with Crippen molar-refractivity contribution >= 4 is 22.4 Å². The van der Waals surface area contributed by atoms with Crippen molar-refractivity contribution in [3.8, 4) is 0 Å². The largest absolute Gasteiger partial charge is 0.378 e. The van der Waals surface area contributed by atoms with Crippen LogP contribution in [0, 0.1) is 0 Å². The van der Waals surface area contributed by atoms with Crippen molar-refractivity contribution in [2.24, 2.45) is 0 Å². The van der Waals surface area contributed by atoms with E-state index < -0.39 is 0 Å². The summed E-state index contributed by atoms with van der Waals surface area (Å²) in [6.07, 6.45) is 1.49. The van der Waals surface area contributed by atoms with Crippen molar-refractivity contribution < 1.29 is 9.53 Å². The maximum atomic E-state index is 12.3. The van der Waals surface area contributed by atoms with Gasteiger partial charge >= 0.3 is 0 Å². The zero-order chi connectivity index (χ0) is 14.1. The number of aromatic nitrogens is 1. The summed E-state index contributed by atoms with van der Waals surface area (Å²) in [4.78, 5) is 29.0. The minimum atomic E-state index is -0.218. The zero-order valence-electron chi connectivity index (χ0n) is 11.3. The van der Waals surface area contributed by atoms with Gasteiger partial charge in [0, 0.05) is 35.9 Å². The van der Waals surface area contributed by atoms with E-state index in [9.17, 15) is 9.59 Å². The number of ether oxygens (including phenoxy) is 1. The Kier molecular flexibility index (Phi) is 3.28. The molecule has 2 heterocycles. The number of pyridine rings is 1. The van der Waals surface area contributed by atoms with Gasteiger partial charge in [-0.05, 0) is 25.1 Å². The Labute approximate surface area is 116 Å². The fourth-order valence-corrected chi connectivity index (χ4v) is 2.49. The van der Waals surface area contributed by atoms with E-state index >= 15 is 0 Å². The van der Waals surface area contributed by atoms with Gasteiger partial charge in [-0.1, -0.05) is 0 Å². The number of ketones is 1. The fraction of sp³-hybridized carbons (Fsp3) is 0.333. The lowest BCUT2D eigenvalue weighted by Gasteiger charge is -2.29. The number of rotatable bonds is 2. The number of Topliss-reactive ketones (excluding diaryl/α,β-unsaturated/α-hetero) is 1. The van der Waals surface area contributed by atoms with Gasteiger partial charge in [0.25, 0.3) is 0 Å². The number of carbonyl (C=O) groups excluding carboxylic acids is 1. The Bertz CT molecular complexity index is 715. The average Bonchev–Trinajstić information content (AvgIpc) is 2.48. The molecule has 0 aliphatic carbocycles. The third-order valence-corrected chi connectivity index (χ3v) is 3.62. The molecule has 5 heteroatoms. The summed E-state index contributed by atoms with van der Waals surface area (Å²) in [5.74, 6) is -0.218. The van der Waals surface area contributed by atoms with Crippen LogP contribution in [-0.2, 0) is 4.74 Å². The summed E-state index contributed by atoms with van der Waals surface area (Å²) < 4.78 is 5.33. The van der Waals surface area contributed by atoms with Gasteiger partial charge in [0.05, 0.1) is 18.8 Å². The van der Waals surface area contributed by atoms with Crippen molar-refractivity contribution in [3.63, 3.8) is 0 Å². The first-order chi connectivity index (χ1) is 9.66. The highest BCUT2D eigenvalue weighted by Crippen LogP contribution is 2.20. The van der Waals surface area contributed by atoms with Gasteiger partial charge in [-0.2, -0.15) is 0 Å². The number of nitrogens with zero attached hydrogens (tertiary/aromatic N) is 1. The van der Waals surface area contributed by atoms with E-state index in [0.29, 0.717) is 18.6 Å². The number of fused-ring (bicyclic) bond motifs is 1. The minimum Gasteiger partial charge on any atom is -0.378 e. The smallest absolute Gasteiger partial charge is 0.200 e. The van der Waals surface area contributed by atoms with E-state index in [0.717, 1.165) is 24.3 Å². The van der Waals surface area contributed by atoms with Crippen LogP contribution in [0.1, 0.15) is 17.3 Å². The van der Waals surface area contributed by atoms with Gasteiger partial charge in [-0.15, -0.1) is 0 Å². The average molecular weight is 272 g/mol. The van der Waals surface area contributed by atoms with Crippen LogP contribution in [0.3, 0.4) is 0 Å². The van der Waals surface area contributed by atoms with Crippen molar-refractivity contribution in [3.05, 3.63) is 40.2 Å². The van der Waals surface area contributed by atoms with Crippen LogP contribution >= 0.6 is 0 Å². The Balaban J connectivity index is 2.11. The maximum absolute atomic E-state index is 12.3. The molecule has 1 aromatic heterocycles. The highest BCUT2D eigenvalue weighted by Gasteiger charge is 2.14. The Morgan fingerprint density at radius 1 is 1.30 bits per heavy atom. The summed E-state index contributed by atoms with van der Waals surface area (Å²) in [6.45, 7) is 4.43. The molecular weight excluding hydrogens is 256 g/mol.